The van der Waals surface area contributed by atoms with Crippen LogP contribution in [0.5, 0.6) is 11.5 Å². The average molecular weight is 437 g/mol. The first-order valence-electron chi connectivity index (χ1n) is 8.77. The fourth-order valence-electron chi connectivity index (χ4n) is 2.37. The zero-order chi connectivity index (χ0) is 20.6. The van der Waals surface area contributed by atoms with E-state index in [4.69, 9.17) is 14.2 Å². The number of imide groups is 1. The van der Waals surface area contributed by atoms with Gasteiger partial charge in [0.15, 0.2) is 15.8 Å². The van der Waals surface area contributed by atoms with Gasteiger partial charge in [0.05, 0.1) is 24.5 Å². The maximum atomic E-state index is 12.0. The number of urea groups is 1. The molecule has 1 aromatic heterocycles. The highest BCUT2D eigenvalue weighted by Gasteiger charge is 2.15. The molecule has 1 aliphatic heterocycles. The van der Waals surface area contributed by atoms with Crippen molar-refractivity contribution in [3.8, 4) is 11.5 Å². The minimum Gasteiger partial charge on any atom is -0.486 e. The smallest absolute Gasteiger partial charge is 0.325 e. The van der Waals surface area contributed by atoms with Crippen LogP contribution in [0.3, 0.4) is 0 Å². The minimum atomic E-state index is -0.644. The molecule has 9 nitrogen and oxygen atoms in total. The van der Waals surface area contributed by atoms with Crippen LogP contribution in [-0.2, 0) is 20.7 Å². The summed E-state index contributed by atoms with van der Waals surface area (Å²) < 4.78 is 16.4. The van der Waals surface area contributed by atoms with Crippen LogP contribution in [-0.4, -0.2) is 48.5 Å². The van der Waals surface area contributed by atoms with Crippen molar-refractivity contribution in [2.24, 2.45) is 0 Å². The van der Waals surface area contributed by atoms with Crippen LogP contribution in [0.2, 0.25) is 0 Å². The summed E-state index contributed by atoms with van der Waals surface area (Å²) in [5.41, 5.74) is 1.07. The lowest BCUT2D eigenvalue weighted by molar-refractivity contribution is -0.142. The molecule has 11 heteroatoms. The fourth-order valence-corrected chi connectivity index (χ4v) is 4.01. The molecule has 0 saturated heterocycles. The molecule has 0 bridgehead atoms. The topological polar surface area (TPSA) is 116 Å². The van der Waals surface area contributed by atoms with Gasteiger partial charge in [-0.15, -0.1) is 11.3 Å². The number of nitrogens with one attached hydrogen (secondary N) is 2. The van der Waals surface area contributed by atoms with Crippen molar-refractivity contribution in [3.63, 3.8) is 0 Å². The quantitative estimate of drug-likeness (QED) is 0.501. The van der Waals surface area contributed by atoms with Gasteiger partial charge in [-0.3, -0.25) is 14.9 Å². The second-order valence-corrected chi connectivity index (χ2v) is 7.82. The Balaban J connectivity index is 1.43. The van der Waals surface area contributed by atoms with E-state index in [-0.39, 0.29) is 18.1 Å². The molecule has 3 amide bonds. The standard InChI is InChI=1S/C18H19N3O6S2/c1-2-25-16(23)8-12-9-28-18(20-12)29-10-15(22)21-17(24)19-11-3-4-13-14(7-11)27-6-5-26-13/h3-4,7,9H,2,5-6,8,10H2,1H3,(H2,19,21,22,24). The third-order valence-electron chi connectivity index (χ3n) is 3.54. The number of amides is 3. The van der Waals surface area contributed by atoms with Gasteiger partial charge in [-0.05, 0) is 19.1 Å². The molecule has 0 unspecified atom stereocenters. The lowest BCUT2D eigenvalue weighted by Gasteiger charge is -2.19. The number of thiazole rings is 1. The third-order valence-corrected chi connectivity index (χ3v) is 5.61. The van der Waals surface area contributed by atoms with E-state index in [0.29, 0.717) is 47.0 Å². The molecule has 0 radical (unpaired) electrons. The van der Waals surface area contributed by atoms with E-state index in [9.17, 15) is 14.4 Å². The summed E-state index contributed by atoms with van der Waals surface area (Å²) in [5, 5.41) is 6.58. The number of carbonyl (C=O) groups excluding carboxylic acids is 3. The Bertz CT molecular complexity index is 901. The number of hydrogen-bond donors (Lipinski definition) is 2. The average Bonchev–Trinajstić information content (AvgIpc) is 3.13. The summed E-state index contributed by atoms with van der Waals surface area (Å²) in [4.78, 5) is 39.7. The van der Waals surface area contributed by atoms with Crippen LogP contribution in [0.15, 0.2) is 27.9 Å². The van der Waals surface area contributed by atoms with E-state index >= 15 is 0 Å². The summed E-state index contributed by atoms with van der Waals surface area (Å²) in [6.45, 7) is 2.98. The van der Waals surface area contributed by atoms with Gasteiger partial charge in [-0.25, -0.2) is 9.78 Å². The number of carbonyl (C=O) groups is 3. The molecule has 0 spiro atoms. The molecule has 29 heavy (non-hydrogen) atoms. The number of hydrogen-bond acceptors (Lipinski definition) is 9. The van der Waals surface area contributed by atoms with E-state index in [0.717, 1.165) is 0 Å². The molecule has 0 saturated carbocycles. The second kappa shape index (κ2) is 10.1. The van der Waals surface area contributed by atoms with Crippen molar-refractivity contribution in [2.45, 2.75) is 17.7 Å². The predicted molar refractivity (Wildman–Crippen MR) is 108 cm³/mol. The van der Waals surface area contributed by atoms with Gasteiger partial charge in [-0.1, -0.05) is 11.8 Å². The number of thioether (sulfide) groups is 1. The summed E-state index contributed by atoms with van der Waals surface area (Å²) in [6, 6.07) is 4.34. The van der Waals surface area contributed by atoms with Crippen LogP contribution in [0.1, 0.15) is 12.6 Å². The molecule has 0 fully saturated rings. The van der Waals surface area contributed by atoms with Gasteiger partial charge in [0.2, 0.25) is 5.91 Å². The van der Waals surface area contributed by atoms with Gasteiger partial charge in [0.25, 0.3) is 0 Å². The molecule has 1 aliphatic rings. The van der Waals surface area contributed by atoms with E-state index in [1.54, 1.807) is 30.5 Å². The Hall–Kier alpha value is -2.79. The number of fused-ring (bicyclic) bond motifs is 1. The van der Waals surface area contributed by atoms with Gasteiger partial charge >= 0.3 is 12.0 Å². The number of aromatic nitrogens is 1. The first kappa shape index (κ1) is 20.9. The number of esters is 1. The Morgan fingerprint density at radius 2 is 2.03 bits per heavy atom. The number of nitrogens with zero attached hydrogens (tertiary/aromatic N) is 1. The van der Waals surface area contributed by atoms with Crippen molar-refractivity contribution in [2.75, 3.05) is 30.9 Å². The Morgan fingerprint density at radius 1 is 1.24 bits per heavy atom. The summed E-state index contributed by atoms with van der Waals surface area (Å²) in [5.74, 6) is 0.356. The van der Waals surface area contributed by atoms with Crippen molar-refractivity contribution in [1.82, 2.24) is 10.3 Å². The number of anilines is 1. The summed E-state index contributed by atoms with van der Waals surface area (Å²) >= 11 is 2.51. The Morgan fingerprint density at radius 3 is 2.83 bits per heavy atom. The predicted octanol–water partition coefficient (Wildman–Crippen LogP) is 2.46. The maximum Gasteiger partial charge on any atom is 0.325 e. The maximum absolute atomic E-state index is 12.0. The Kier molecular flexibility index (Phi) is 7.30. The number of rotatable bonds is 7. The van der Waals surface area contributed by atoms with Gasteiger partial charge < -0.3 is 19.5 Å². The van der Waals surface area contributed by atoms with Crippen LogP contribution in [0.25, 0.3) is 0 Å². The van der Waals surface area contributed by atoms with Crippen LogP contribution < -0.4 is 20.1 Å². The highest BCUT2D eigenvalue weighted by Crippen LogP contribution is 2.32. The highest BCUT2D eigenvalue weighted by atomic mass is 32.2. The number of benzene rings is 1. The lowest BCUT2D eigenvalue weighted by Crippen LogP contribution is -2.35. The van der Waals surface area contributed by atoms with Gasteiger partial charge in [0.1, 0.15) is 13.2 Å². The van der Waals surface area contributed by atoms with E-state index in [1.165, 1.54) is 23.1 Å². The number of ether oxygens (including phenoxy) is 3. The molecule has 2 aromatic rings. The largest absolute Gasteiger partial charge is 0.486 e. The van der Waals surface area contributed by atoms with Crippen LogP contribution >= 0.6 is 23.1 Å². The zero-order valence-electron chi connectivity index (χ0n) is 15.6. The zero-order valence-corrected chi connectivity index (χ0v) is 17.2. The lowest BCUT2D eigenvalue weighted by atomic mass is 10.2. The fraction of sp³-hybridized carbons (Fsp3) is 0.333. The first-order valence-corrected chi connectivity index (χ1v) is 10.6. The molecular formula is C18H19N3O6S2. The van der Waals surface area contributed by atoms with Crippen molar-refractivity contribution >= 4 is 46.7 Å². The third kappa shape index (κ3) is 6.36. The minimum absolute atomic E-state index is 0.0148. The Labute approximate surface area is 175 Å². The monoisotopic (exact) mass is 437 g/mol. The van der Waals surface area contributed by atoms with Crippen LogP contribution in [0, 0.1) is 0 Å². The first-order chi connectivity index (χ1) is 14.0. The van der Waals surface area contributed by atoms with E-state index in [2.05, 4.69) is 15.6 Å². The molecule has 0 aliphatic carbocycles. The van der Waals surface area contributed by atoms with Crippen LogP contribution in [0.4, 0.5) is 10.5 Å². The second-order valence-electron chi connectivity index (χ2n) is 5.74. The molecule has 154 valence electrons. The van der Waals surface area contributed by atoms with E-state index in [1.807, 2.05) is 0 Å². The van der Waals surface area contributed by atoms with Gasteiger partial charge in [0, 0.05) is 17.1 Å². The van der Waals surface area contributed by atoms with Crippen molar-refractivity contribution in [3.05, 3.63) is 29.3 Å². The van der Waals surface area contributed by atoms with E-state index < -0.39 is 11.9 Å². The summed E-state index contributed by atoms with van der Waals surface area (Å²) in [6.07, 6.45) is 0.0923. The SMILES string of the molecule is CCOC(=O)Cc1csc(SCC(=O)NC(=O)Nc2ccc3c(c2)OCCO3)n1. The van der Waals surface area contributed by atoms with Gasteiger partial charge in [-0.2, -0.15) is 0 Å². The molecule has 1 aromatic carbocycles. The summed E-state index contributed by atoms with van der Waals surface area (Å²) in [7, 11) is 0. The molecular weight excluding hydrogens is 418 g/mol. The normalized spacial score (nSPS) is 12.2. The molecule has 0 atom stereocenters. The molecule has 2 N–H and O–H groups in total. The molecule has 3 rings (SSSR count). The van der Waals surface area contributed by atoms with Crippen molar-refractivity contribution in [1.29, 1.82) is 0 Å². The molecule has 2 heterocycles. The van der Waals surface area contributed by atoms with Crippen molar-refractivity contribution < 1.29 is 28.6 Å². The highest BCUT2D eigenvalue weighted by molar-refractivity contribution is 8.01.